The number of carbonyl (C=O) groups is 3. The summed E-state index contributed by atoms with van der Waals surface area (Å²) < 4.78 is 51.1. The predicted octanol–water partition coefficient (Wildman–Crippen LogP) is 6.70. The van der Waals surface area contributed by atoms with Gasteiger partial charge in [0.05, 0.1) is 18.2 Å². The van der Waals surface area contributed by atoms with Gasteiger partial charge in [0, 0.05) is 45.3 Å². The van der Waals surface area contributed by atoms with Crippen LogP contribution in [0.25, 0.3) is 0 Å². The highest BCUT2D eigenvalue weighted by molar-refractivity contribution is 6.35. The molecule has 2 saturated heterocycles. The Morgan fingerprint density at radius 1 is 1.14 bits per heavy atom. The number of halogens is 6. The third-order valence-electron chi connectivity index (χ3n) is 7.98. The molecule has 1 spiro atoms. The van der Waals surface area contributed by atoms with Crippen molar-refractivity contribution in [3.05, 3.63) is 69.4 Å². The smallest absolute Gasteiger partial charge is 0.312 e. The van der Waals surface area contributed by atoms with Crippen molar-refractivity contribution in [3.8, 4) is 0 Å². The number of esters is 1. The van der Waals surface area contributed by atoms with Crippen LogP contribution >= 0.6 is 34.8 Å². The van der Waals surface area contributed by atoms with Crippen molar-refractivity contribution < 1.29 is 32.3 Å². The summed E-state index contributed by atoms with van der Waals surface area (Å²) in [4.78, 5) is 45.2. The second kappa shape index (κ2) is 11.0. The average molecular weight is 659 g/mol. The van der Waals surface area contributed by atoms with Crippen LogP contribution in [0.4, 0.5) is 24.5 Å². The van der Waals surface area contributed by atoms with Gasteiger partial charge in [0.2, 0.25) is 5.91 Å². The lowest BCUT2D eigenvalue weighted by atomic mass is 9.73. The normalized spacial score (nSPS) is 25.8. The maximum absolute atomic E-state index is 15.3. The standard InChI is InChI=1S/C30H29Cl3F3N3O4/c1-5-6-43-26(41)23-22(25(40)38(13-28(2,3)4)18-8-15(31)7-16(32)9-18)21-12-29(35,36)14-39(21)30(23)19-10-17(33)11-20(34)24(19)37-27(30)42/h5,7-11,21-23H,1,6,12-14H2,2-4H3,(H,37,42)/t21-,22+,23-,30+/m1/s1. The number of hydrogen-bond donors (Lipinski definition) is 1. The summed E-state index contributed by atoms with van der Waals surface area (Å²) in [6.07, 6.45) is 0.465. The van der Waals surface area contributed by atoms with Crippen molar-refractivity contribution in [2.45, 2.75) is 44.7 Å². The molecule has 0 aliphatic carbocycles. The molecule has 5 rings (SSSR count). The summed E-state index contributed by atoms with van der Waals surface area (Å²) in [6.45, 7) is 7.99. The fourth-order valence-corrected chi connectivity index (χ4v) is 7.36. The van der Waals surface area contributed by atoms with Crippen molar-refractivity contribution >= 4 is 64.0 Å². The van der Waals surface area contributed by atoms with Crippen LogP contribution in [0.2, 0.25) is 15.1 Å². The molecule has 2 aromatic carbocycles. The minimum atomic E-state index is -3.33. The number of benzene rings is 2. The van der Waals surface area contributed by atoms with E-state index >= 15 is 13.2 Å². The van der Waals surface area contributed by atoms with Gasteiger partial charge < -0.3 is 15.0 Å². The van der Waals surface area contributed by atoms with E-state index in [9.17, 15) is 14.4 Å². The second-order valence-corrected chi connectivity index (χ2v) is 13.6. The van der Waals surface area contributed by atoms with Crippen molar-refractivity contribution in [2.75, 3.05) is 29.9 Å². The quantitative estimate of drug-likeness (QED) is 0.276. The van der Waals surface area contributed by atoms with Crippen LogP contribution in [0, 0.1) is 23.1 Å². The first kappa shape index (κ1) is 31.6. The minimum absolute atomic E-state index is 0.0762. The first-order chi connectivity index (χ1) is 20.0. The monoisotopic (exact) mass is 657 g/mol. The Bertz CT molecular complexity index is 1510. The summed E-state index contributed by atoms with van der Waals surface area (Å²) in [5.74, 6) is -10.1. The van der Waals surface area contributed by atoms with Gasteiger partial charge >= 0.3 is 5.97 Å². The van der Waals surface area contributed by atoms with E-state index in [1.54, 1.807) is 0 Å². The summed E-state index contributed by atoms with van der Waals surface area (Å²) in [7, 11) is 0. The number of amides is 2. The Morgan fingerprint density at radius 3 is 2.37 bits per heavy atom. The van der Waals surface area contributed by atoms with E-state index < -0.39 is 71.3 Å². The molecule has 2 amide bonds. The molecule has 1 N–H and O–H groups in total. The molecule has 4 atom stereocenters. The van der Waals surface area contributed by atoms with Crippen LogP contribution in [-0.4, -0.2) is 54.3 Å². The molecule has 0 unspecified atom stereocenters. The van der Waals surface area contributed by atoms with Crippen molar-refractivity contribution in [3.63, 3.8) is 0 Å². The highest BCUT2D eigenvalue weighted by Gasteiger charge is 2.75. The number of ether oxygens (including phenoxy) is 1. The Labute approximate surface area is 261 Å². The van der Waals surface area contributed by atoms with Gasteiger partial charge in [-0.15, -0.1) is 0 Å². The lowest BCUT2D eigenvalue weighted by molar-refractivity contribution is -0.158. The fraction of sp³-hybridized carbons (Fsp3) is 0.433. The molecule has 43 heavy (non-hydrogen) atoms. The first-order valence-corrected chi connectivity index (χ1v) is 14.6. The molecule has 3 aliphatic rings. The summed E-state index contributed by atoms with van der Waals surface area (Å²) in [6, 6.07) is 5.40. The number of rotatable bonds is 6. The molecule has 2 fully saturated rings. The van der Waals surface area contributed by atoms with Crippen LogP contribution in [0.5, 0.6) is 0 Å². The van der Waals surface area contributed by atoms with Gasteiger partial charge in [-0.25, -0.2) is 13.2 Å². The molecule has 0 aromatic heterocycles. The average Bonchev–Trinajstić information content (AvgIpc) is 3.45. The van der Waals surface area contributed by atoms with E-state index in [0.29, 0.717) is 0 Å². The molecule has 13 heteroatoms. The molecule has 0 radical (unpaired) electrons. The minimum Gasteiger partial charge on any atom is -0.461 e. The third kappa shape index (κ3) is 5.41. The number of carbonyl (C=O) groups excluding carboxylic acids is 3. The zero-order chi connectivity index (χ0) is 31.6. The van der Waals surface area contributed by atoms with E-state index in [2.05, 4.69) is 11.9 Å². The van der Waals surface area contributed by atoms with E-state index in [1.165, 1.54) is 35.2 Å². The maximum Gasteiger partial charge on any atom is 0.312 e. The molecule has 0 bridgehead atoms. The highest BCUT2D eigenvalue weighted by atomic mass is 35.5. The topological polar surface area (TPSA) is 79.0 Å². The van der Waals surface area contributed by atoms with E-state index in [4.69, 9.17) is 39.5 Å². The molecule has 3 heterocycles. The van der Waals surface area contributed by atoms with Gasteiger partial charge in [-0.1, -0.05) is 68.2 Å². The fourth-order valence-electron chi connectivity index (χ4n) is 6.64. The van der Waals surface area contributed by atoms with Crippen molar-refractivity contribution in [1.29, 1.82) is 0 Å². The molecule has 2 aromatic rings. The lowest BCUT2D eigenvalue weighted by Gasteiger charge is -2.37. The number of nitrogens with one attached hydrogen (secondary N) is 1. The highest BCUT2D eigenvalue weighted by Crippen LogP contribution is 2.61. The molecular weight excluding hydrogens is 630 g/mol. The lowest BCUT2D eigenvalue weighted by Crippen LogP contribution is -2.55. The number of nitrogens with zero attached hydrogens (tertiary/aromatic N) is 2. The van der Waals surface area contributed by atoms with Crippen LogP contribution < -0.4 is 10.2 Å². The number of hydrogen-bond acceptors (Lipinski definition) is 5. The molecule has 230 valence electrons. The Morgan fingerprint density at radius 2 is 1.77 bits per heavy atom. The summed E-state index contributed by atoms with van der Waals surface area (Å²) in [5.41, 5.74) is -2.88. The Hall–Kier alpha value is -2.79. The number of alkyl halides is 2. The van der Waals surface area contributed by atoms with E-state index in [0.717, 1.165) is 11.0 Å². The van der Waals surface area contributed by atoms with Gasteiger partial charge in [0.25, 0.3) is 11.8 Å². The van der Waals surface area contributed by atoms with Crippen LogP contribution in [0.3, 0.4) is 0 Å². The Kier molecular flexibility index (Phi) is 8.08. The molecule has 3 aliphatic heterocycles. The van der Waals surface area contributed by atoms with Gasteiger partial charge in [-0.3, -0.25) is 19.3 Å². The zero-order valence-corrected chi connectivity index (χ0v) is 25.8. The second-order valence-electron chi connectivity index (χ2n) is 12.3. The van der Waals surface area contributed by atoms with Gasteiger partial charge in [0.15, 0.2) is 0 Å². The predicted molar refractivity (Wildman–Crippen MR) is 158 cm³/mol. The largest absolute Gasteiger partial charge is 0.461 e. The van der Waals surface area contributed by atoms with Crippen LogP contribution in [-0.2, 0) is 24.7 Å². The maximum atomic E-state index is 15.3. The molecule has 7 nitrogen and oxygen atoms in total. The number of fused-ring (bicyclic) bond motifs is 4. The van der Waals surface area contributed by atoms with Crippen molar-refractivity contribution in [1.82, 2.24) is 4.90 Å². The molecule has 0 saturated carbocycles. The van der Waals surface area contributed by atoms with Crippen LogP contribution in [0.1, 0.15) is 32.8 Å². The van der Waals surface area contributed by atoms with Gasteiger partial charge in [0.1, 0.15) is 23.9 Å². The van der Waals surface area contributed by atoms with E-state index in [1.807, 2.05) is 20.8 Å². The number of anilines is 2. The van der Waals surface area contributed by atoms with Crippen LogP contribution in [0.15, 0.2) is 43.0 Å². The molecular formula is C30H29Cl3F3N3O4. The van der Waals surface area contributed by atoms with Gasteiger partial charge in [-0.05, 0) is 35.7 Å². The van der Waals surface area contributed by atoms with Gasteiger partial charge in [-0.2, -0.15) is 0 Å². The van der Waals surface area contributed by atoms with Crippen molar-refractivity contribution in [2.24, 2.45) is 17.3 Å². The SMILES string of the molecule is C=CCOC(=O)[C@H]1[C@@H](C(=O)N(CC(C)(C)C)c2cc(Cl)cc(Cl)c2)[C@H]2CC(F)(F)CN2[C@]12C(=O)Nc1c(F)cc(Cl)cc12. The zero-order valence-electron chi connectivity index (χ0n) is 23.5. The first-order valence-electron chi connectivity index (χ1n) is 13.5. The summed E-state index contributed by atoms with van der Waals surface area (Å²) >= 11 is 18.8. The van der Waals surface area contributed by atoms with E-state index in [-0.39, 0.29) is 45.2 Å². The summed E-state index contributed by atoms with van der Waals surface area (Å²) in [5, 5.41) is 2.76. The third-order valence-corrected chi connectivity index (χ3v) is 8.63. The Balaban J connectivity index is 1.77.